The van der Waals surface area contributed by atoms with Gasteiger partial charge < -0.3 is 14.2 Å². The summed E-state index contributed by atoms with van der Waals surface area (Å²) in [4.78, 5) is 30.2. The van der Waals surface area contributed by atoms with Gasteiger partial charge >= 0.3 is 0 Å². The van der Waals surface area contributed by atoms with Gasteiger partial charge in [-0.3, -0.25) is 9.59 Å². The smallest absolute Gasteiger partial charge is 0.254 e. The van der Waals surface area contributed by atoms with Crippen molar-refractivity contribution < 1.29 is 14.0 Å². The van der Waals surface area contributed by atoms with Crippen LogP contribution in [0.25, 0.3) is 0 Å². The minimum absolute atomic E-state index is 0.0257. The lowest BCUT2D eigenvalue weighted by atomic mass is 10.1. The Bertz CT molecular complexity index is 1040. The number of amides is 2. The molecule has 2 amide bonds. The average molecular weight is 433 g/mol. The lowest BCUT2D eigenvalue weighted by Crippen LogP contribution is -2.44. The van der Waals surface area contributed by atoms with Crippen LogP contribution in [0.15, 0.2) is 71.1 Å². The van der Waals surface area contributed by atoms with Crippen LogP contribution >= 0.6 is 0 Å². The maximum atomic E-state index is 13.5. The van der Waals surface area contributed by atoms with Crippen LogP contribution in [0.2, 0.25) is 0 Å². The van der Waals surface area contributed by atoms with Gasteiger partial charge in [0.2, 0.25) is 5.91 Å². The zero-order valence-electron chi connectivity index (χ0n) is 19.4. The quantitative estimate of drug-likeness (QED) is 0.466. The van der Waals surface area contributed by atoms with Gasteiger partial charge in [-0.1, -0.05) is 62.4 Å². The summed E-state index contributed by atoms with van der Waals surface area (Å²) in [5.41, 5.74) is 2.58. The number of carbonyl (C=O) groups excluding carboxylic acids is 2. The van der Waals surface area contributed by atoms with E-state index >= 15 is 0 Å². The van der Waals surface area contributed by atoms with Crippen LogP contribution in [0.5, 0.6) is 0 Å². The van der Waals surface area contributed by atoms with Crippen LogP contribution in [-0.2, 0) is 17.9 Å². The number of nitrogens with zero attached hydrogens (tertiary/aromatic N) is 2. The van der Waals surface area contributed by atoms with E-state index < -0.39 is 0 Å². The minimum Gasteiger partial charge on any atom is -0.464 e. The first-order valence-corrected chi connectivity index (χ1v) is 11.1. The summed E-state index contributed by atoms with van der Waals surface area (Å²) in [5, 5.41) is 0. The third-order valence-corrected chi connectivity index (χ3v) is 5.29. The summed E-state index contributed by atoms with van der Waals surface area (Å²) in [6, 6.07) is 21.2. The zero-order chi connectivity index (χ0) is 23.1. The monoisotopic (exact) mass is 432 g/mol. The van der Waals surface area contributed by atoms with E-state index in [1.807, 2.05) is 80.6 Å². The molecule has 0 atom stereocenters. The molecule has 1 aromatic heterocycles. The first-order valence-electron chi connectivity index (χ1n) is 11.1. The van der Waals surface area contributed by atoms with Crippen LogP contribution < -0.4 is 0 Å². The van der Waals surface area contributed by atoms with E-state index in [9.17, 15) is 9.59 Å². The van der Waals surface area contributed by atoms with E-state index in [-0.39, 0.29) is 24.3 Å². The van der Waals surface area contributed by atoms with E-state index in [2.05, 4.69) is 13.8 Å². The van der Waals surface area contributed by atoms with Crippen molar-refractivity contribution >= 4 is 11.8 Å². The van der Waals surface area contributed by atoms with Crippen molar-refractivity contribution in [2.24, 2.45) is 5.92 Å². The molecule has 0 saturated heterocycles. The fourth-order valence-corrected chi connectivity index (χ4v) is 3.70. The Morgan fingerprint density at radius 2 is 1.53 bits per heavy atom. The minimum atomic E-state index is -0.112. The fourth-order valence-electron chi connectivity index (χ4n) is 3.70. The van der Waals surface area contributed by atoms with Crippen LogP contribution in [0.1, 0.15) is 46.9 Å². The van der Waals surface area contributed by atoms with Gasteiger partial charge in [-0.25, -0.2) is 0 Å². The van der Waals surface area contributed by atoms with Gasteiger partial charge in [0.15, 0.2) is 0 Å². The number of carbonyl (C=O) groups is 2. The van der Waals surface area contributed by atoms with E-state index in [0.717, 1.165) is 22.6 Å². The van der Waals surface area contributed by atoms with Gasteiger partial charge in [0.1, 0.15) is 18.1 Å². The lowest BCUT2D eigenvalue weighted by molar-refractivity contribution is -0.133. The molecule has 0 aliphatic heterocycles. The summed E-state index contributed by atoms with van der Waals surface area (Å²) < 4.78 is 5.73. The molecule has 0 radical (unpaired) electrons. The van der Waals surface area contributed by atoms with Crippen molar-refractivity contribution in [1.82, 2.24) is 9.80 Å². The normalized spacial score (nSPS) is 10.9. The molecule has 0 spiro atoms. The highest BCUT2D eigenvalue weighted by Crippen LogP contribution is 2.16. The summed E-state index contributed by atoms with van der Waals surface area (Å²) in [6.07, 6.45) is 0. The Hall–Kier alpha value is -3.34. The van der Waals surface area contributed by atoms with Crippen molar-refractivity contribution in [1.29, 1.82) is 0 Å². The molecule has 0 aliphatic carbocycles. The number of aryl methyl sites for hydroxylation is 2. The molecule has 3 rings (SSSR count). The molecular weight excluding hydrogens is 400 g/mol. The molecule has 0 fully saturated rings. The molecule has 0 aliphatic rings. The predicted molar refractivity (Wildman–Crippen MR) is 126 cm³/mol. The second kappa shape index (κ2) is 10.8. The average Bonchev–Trinajstić information content (AvgIpc) is 3.17. The first-order chi connectivity index (χ1) is 15.3. The molecule has 3 aromatic rings. The molecule has 32 heavy (non-hydrogen) atoms. The molecule has 0 saturated carbocycles. The molecule has 1 heterocycles. The summed E-state index contributed by atoms with van der Waals surface area (Å²) in [7, 11) is 0. The van der Waals surface area contributed by atoms with Crippen molar-refractivity contribution in [3.63, 3.8) is 0 Å². The van der Waals surface area contributed by atoms with Crippen molar-refractivity contribution in [3.8, 4) is 0 Å². The molecular formula is C27H32N2O3. The zero-order valence-corrected chi connectivity index (χ0v) is 19.4. The second-order valence-corrected chi connectivity index (χ2v) is 8.64. The lowest BCUT2D eigenvalue weighted by Gasteiger charge is -2.29. The Labute approximate surface area is 190 Å². The first kappa shape index (κ1) is 23.3. The second-order valence-electron chi connectivity index (χ2n) is 8.64. The maximum Gasteiger partial charge on any atom is 0.254 e. The molecule has 0 unspecified atom stereocenters. The largest absolute Gasteiger partial charge is 0.464 e. The molecule has 0 bridgehead atoms. The molecule has 2 aromatic carbocycles. The van der Waals surface area contributed by atoms with Crippen molar-refractivity contribution in [2.75, 3.05) is 13.1 Å². The summed E-state index contributed by atoms with van der Waals surface area (Å²) >= 11 is 0. The number of furan rings is 1. The van der Waals surface area contributed by atoms with Gasteiger partial charge in [-0.05, 0) is 49.1 Å². The molecule has 5 heteroatoms. The van der Waals surface area contributed by atoms with Gasteiger partial charge in [-0.2, -0.15) is 0 Å². The standard InChI is InChI=1S/C27H32N2O3/c1-20(2)16-29(27(31)25-13-9-8-10-21(25)3)19-26(30)28(17-23-11-6-5-7-12-23)18-24-15-14-22(4)32-24/h5-15,20H,16-19H2,1-4H3. The van der Waals surface area contributed by atoms with Crippen LogP contribution in [0, 0.1) is 19.8 Å². The fraction of sp³-hybridized carbons (Fsp3) is 0.333. The van der Waals surface area contributed by atoms with Gasteiger partial charge in [0.05, 0.1) is 6.54 Å². The summed E-state index contributed by atoms with van der Waals surface area (Å²) in [5.74, 6) is 1.56. The van der Waals surface area contributed by atoms with Gasteiger partial charge in [0, 0.05) is 18.7 Å². The maximum absolute atomic E-state index is 13.5. The van der Waals surface area contributed by atoms with E-state index in [0.29, 0.717) is 25.2 Å². The Balaban J connectivity index is 1.83. The van der Waals surface area contributed by atoms with Crippen molar-refractivity contribution in [2.45, 2.75) is 40.8 Å². The number of rotatable bonds is 9. The highest BCUT2D eigenvalue weighted by Gasteiger charge is 2.24. The van der Waals surface area contributed by atoms with E-state index in [4.69, 9.17) is 4.42 Å². The van der Waals surface area contributed by atoms with E-state index in [1.165, 1.54) is 0 Å². The van der Waals surface area contributed by atoms with Crippen molar-refractivity contribution in [3.05, 3.63) is 94.9 Å². The number of hydrogen-bond acceptors (Lipinski definition) is 3. The van der Waals surface area contributed by atoms with E-state index in [1.54, 1.807) is 9.80 Å². The topological polar surface area (TPSA) is 53.8 Å². The van der Waals surface area contributed by atoms with Crippen LogP contribution in [-0.4, -0.2) is 34.7 Å². The van der Waals surface area contributed by atoms with Gasteiger partial charge in [-0.15, -0.1) is 0 Å². The summed E-state index contributed by atoms with van der Waals surface area (Å²) in [6.45, 7) is 9.26. The predicted octanol–water partition coefficient (Wildman–Crippen LogP) is 5.22. The number of hydrogen-bond donors (Lipinski definition) is 0. The SMILES string of the molecule is Cc1ccc(CN(Cc2ccccc2)C(=O)CN(CC(C)C)C(=O)c2ccccc2C)o1. The molecule has 5 nitrogen and oxygen atoms in total. The highest BCUT2D eigenvalue weighted by molar-refractivity contribution is 5.97. The highest BCUT2D eigenvalue weighted by atomic mass is 16.3. The Morgan fingerprint density at radius 1 is 0.844 bits per heavy atom. The van der Waals surface area contributed by atoms with Crippen LogP contribution in [0.4, 0.5) is 0 Å². The molecule has 168 valence electrons. The number of benzene rings is 2. The molecule has 0 N–H and O–H groups in total. The van der Waals surface area contributed by atoms with Gasteiger partial charge in [0.25, 0.3) is 5.91 Å². The third kappa shape index (κ3) is 6.33. The third-order valence-electron chi connectivity index (χ3n) is 5.29. The Morgan fingerprint density at radius 3 is 2.16 bits per heavy atom. The Kier molecular flexibility index (Phi) is 7.87. The van der Waals surface area contributed by atoms with Crippen LogP contribution in [0.3, 0.4) is 0 Å².